The molecule has 18 heavy (non-hydrogen) atoms. The molecule has 2 aliphatic rings. The summed E-state index contributed by atoms with van der Waals surface area (Å²) in [5.41, 5.74) is 0.155. The zero-order valence-electron chi connectivity index (χ0n) is 10.6. The number of ether oxygens (including phenoxy) is 1. The Labute approximate surface area is 112 Å². The van der Waals surface area contributed by atoms with E-state index < -0.39 is 0 Å². The normalized spacial score (nSPS) is 27.4. The summed E-state index contributed by atoms with van der Waals surface area (Å²) in [6.45, 7) is 1.66. The van der Waals surface area contributed by atoms with Crippen LogP contribution < -0.4 is 5.32 Å². The SMILES string of the molecule is c1cc(CNC2CCOC3(CCSCC3)C2)on1. The first-order valence-electron chi connectivity index (χ1n) is 6.71. The molecule has 3 rings (SSSR count). The van der Waals surface area contributed by atoms with Gasteiger partial charge in [-0.3, -0.25) is 0 Å². The molecule has 100 valence electrons. The van der Waals surface area contributed by atoms with Crippen molar-refractivity contribution in [3.8, 4) is 0 Å². The smallest absolute Gasteiger partial charge is 0.150 e. The monoisotopic (exact) mass is 268 g/mol. The highest BCUT2D eigenvalue weighted by Crippen LogP contribution is 2.37. The van der Waals surface area contributed by atoms with E-state index >= 15 is 0 Å². The third-order valence-electron chi connectivity index (χ3n) is 3.95. The molecule has 1 unspecified atom stereocenters. The average Bonchev–Trinajstić information content (AvgIpc) is 2.91. The molecular weight excluding hydrogens is 248 g/mol. The lowest BCUT2D eigenvalue weighted by Gasteiger charge is -2.43. The first-order valence-corrected chi connectivity index (χ1v) is 7.86. The lowest BCUT2D eigenvalue weighted by atomic mass is 9.85. The molecule has 1 spiro atoms. The fraction of sp³-hybridized carbons (Fsp3) is 0.769. The predicted octanol–water partition coefficient (Wildman–Crippen LogP) is 2.21. The Kier molecular flexibility index (Phi) is 3.91. The molecule has 0 saturated carbocycles. The molecule has 2 aliphatic heterocycles. The lowest BCUT2D eigenvalue weighted by Crippen LogP contribution is -2.48. The second kappa shape index (κ2) is 5.63. The number of nitrogens with zero attached hydrogens (tertiary/aromatic N) is 1. The fourth-order valence-corrected chi connectivity index (χ4v) is 4.11. The second-order valence-electron chi connectivity index (χ2n) is 5.19. The topological polar surface area (TPSA) is 47.3 Å². The Bertz CT molecular complexity index is 358. The number of hydrogen-bond acceptors (Lipinski definition) is 5. The number of rotatable bonds is 3. The summed E-state index contributed by atoms with van der Waals surface area (Å²) in [7, 11) is 0. The van der Waals surface area contributed by atoms with Gasteiger partial charge in [0.15, 0.2) is 0 Å². The molecule has 0 amide bonds. The van der Waals surface area contributed by atoms with Gasteiger partial charge in [-0.25, -0.2) is 0 Å². The number of thioether (sulfide) groups is 1. The maximum atomic E-state index is 6.08. The molecule has 5 heteroatoms. The highest BCUT2D eigenvalue weighted by molar-refractivity contribution is 7.99. The summed E-state index contributed by atoms with van der Waals surface area (Å²) in [6.07, 6.45) is 6.35. The number of aromatic nitrogens is 1. The fourth-order valence-electron chi connectivity index (χ4n) is 2.87. The van der Waals surface area contributed by atoms with Gasteiger partial charge in [0.25, 0.3) is 0 Å². The van der Waals surface area contributed by atoms with E-state index in [4.69, 9.17) is 9.26 Å². The Morgan fingerprint density at radius 2 is 2.33 bits per heavy atom. The highest BCUT2D eigenvalue weighted by atomic mass is 32.2. The molecule has 2 saturated heterocycles. The molecule has 4 nitrogen and oxygen atoms in total. The molecule has 1 aromatic rings. The van der Waals surface area contributed by atoms with Crippen molar-refractivity contribution in [2.24, 2.45) is 0 Å². The molecule has 2 fully saturated rings. The summed E-state index contributed by atoms with van der Waals surface area (Å²) in [5, 5.41) is 7.30. The van der Waals surface area contributed by atoms with Crippen molar-refractivity contribution >= 4 is 11.8 Å². The Morgan fingerprint density at radius 3 is 3.11 bits per heavy atom. The summed E-state index contributed by atoms with van der Waals surface area (Å²) < 4.78 is 11.2. The van der Waals surface area contributed by atoms with E-state index in [0.717, 1.165) is 31.8 Å². The van der Waals surface area contributed by atoms with Crippen LogP contribution in [0.5, 0.6) is 0 Å². The number of hydrogen-bond donors (Lipinski definition) is 1. The quantitative estimate of drug-likeness (QED) is 0.910. The second-order valence-corrected chi connectivity index (χ2v) is 6.42. The van der Waals surface area contributed by atoms with Crippen LogP contribution in [0, 0.1) is 0 Å². The average molecular weight is 268 g/mol. The maximum Gasteiger partial charge on any atom is 0.150 e. The Hall–Kier alpha value is -0.520. The van der Waals surface area contributed by atoms with Crippen LogP contribution in [0.25, 0.3) is 0 Å². The van der Waals surface area contributed by atoms with Gasteiger partial charge in [-0.1, -0.05) is 5.16 Å². The summed E-state index contributed by atoms with van der Waals surface area (Å²) >= 11 is 2.05. The summed E-state index contributed by atoms with van der Waals surface area (Å²) in [4.78, 5) is 0. The van der Waals surface area contributed by atoms with Crippen LogP contribution in [-0.4, -0.2) is 34.9 Å². The van der Waals surface area contributed by atoms with Crippen LogP contribution in [0.4, 0.5) is 0 Å². The number of nitrogens with one attached hydrogen (secondary N) is 1. The van der Waals surface area contributed by atoms with Gasteiger partial charge in [-0.05, 0) is 37.2 Å². The van der Waals surface area contributed by atoms with Crippen LogP contribution in [0.15, 0.2) is 16.8 Å². The minimum atomic E-state index is 0.155. The zero-order chi connectivity index (χ0) is 12.3. The van der Waals surface area contributed by atoms with Crippen molar-refractivity contribution in [3.05, 3.63) is 18.0 Å². The highest BCUT2D eigenvalue weighted by Gasteiger charge is 2.38. The van der Waals surface area contributed by atoms with Gasteiger partial charge in [0.1, 0.15) is 5.76 Å². The van der Waals surface area contributed by atoms with Gasteiger partial charge in [0.05, 0.1) is 18.3 Å². The molecular formula is C13H20N2O2S. The first-order chi connectivity index (χ1) is 8.86. The van der Waals surface area contributed by atoms with E-state index in [2.05, 4.69) is 22.2 Å². The van der Waals surface area contributed by atoms with Gasteiger partial charge in [-0.15, -0.1) is 0 Å². The Balaban J connectivity index is 1.53. The largest absolute Gasteiger partial charge is 0.375 e. The zero-order valence-corrected chi connectivity index (χ0v) is 11.4. The maximum absolute atomic E-state index is 6.08. The van der Waals surface area contributed by atoms with Crippen molar-refractivity contribution in [2.45, 2.75) is 43.9 Å². The molecule has 0 aromatic carbocycles. The predicted molar refractivity (Wildman–Crippen MR) is 71.6 cm³/mol. The third kappa shape index (κ3) is 2.90. The van der Waals surface area contributed by atoms with Crippen LogP contribution >= 0.6 is 11.8 Å². The van der Waals surface area contributed by atoms with E-state index in [-0.39, 0.29) is 5.60 Å². The molecule has 1 atom stereocenters. The van der Waals surface area contributed by atoms with Gasteiger partial charge < -0.3 is 14.6 Å². The van der Waals surface area contributed by atoms with Crippen molar-refractivity contribution in [2.75, 3.05) is 18.1 Å². The standard InChI is InChI=1S/C13H20N2O2S/c1-5-15-17-12(1)10-14-11-2-6-16-13(9-11)3-7-18-8-4-13/h1,5,11,14H,2-4,6-10H2. The van der Waals surface area contributed by atoms with Crippen LogP contribution in [-0.2, 0) is 11.3 Å². The van der Waals surface area contributed by atoms with Crippen LogP contribution in [0.2, 0.25) is 0 Å². The van der Waals surface area contributed by atoms with Crippen LogP contribution in [0.3, 0.4) is 0 Å². The van der Waals surface area contributed by atoms with Gasteiger partial charge in [-0.2, -0.15) is 11.8 Å². The Morgan fingerprint density at radius 1 is 1.44 bits per heavy atom. The van der Waals surface area contributed by atoms with E-state index in [1.807, 2.05) is 6.07 Å². The van der Waals surface area contributed by atoms with Crippen molar-refractivity contribution in [1.82, 2.24) is 10.5 Å². The third-order valence-corrected chi connectivity index (χ3v) is 4.94. The van der Waals surface area contributed by atoms with Gasteiger partial charge in [0, 0.05) is 18.7 Å². The van der Waals surface area contributed by atoms with E-state index in [1.54, 1.807) is 6.20 Å². The first kappa shape index (κ1) is 12.5. The lowest BCUT2D eigenvalue weighted by molar-refractivity contribution is -0.0934. The summed E-state index contributed by atoms with van der Waals surface area (Å²) in [6, 6.07) is 2.46. The summed E-state index contributed by atoms with van der Waals surface area (Å²) in [5.74, 6) is 3.40. The molecule has 0 aliphatic carbocycles. The van der Waals surface area contributed by atoms with E-state index in [0.29, 0.717) is 6.04 Å². The van der Waals surface area contributed by atoms with Gasteiger partial charge in [0.2, 0.25) is 0 Å². The van der Waals surface area contributed by atoms with Crippen molar-refractivity contribution in [3.63, 3.8) is 0 Å². The van der Waals surface area contributed by atoms with Crippen LogP contribution in [0.1, 0.15) is 31.4 Å². The molecule has 0 bridgehead atoms. The van der Waals surface area contributed by atoms with Crippen molar-refractivity contribution < 1.29 is 9.26 Å². The molecule has 1 aromatic heterocycles. The van der Waals surface area contributed by atoms with E-state index in [9.17, 15) is 0 Å². The minimum Gasteiger partial charge on any atom is -0.375 e. The van der Waals surface area contributed by atoms with E-state index in [1.165, 1.54) is 24.3 Å². The van der Waals surface area contributed by atoms with Crippen molar-refractivity contribution in [1.29, 1.82) is 0 Å². The molecule has 3 heterocycles. The minimum absolute atomic E-state index is 0.155. The van der Waals surface area contributed by atoms with Gasteiger partial charge >= 0.3 is 0 Å². The molecule has 1 N–H and O–H groups in total. The molecule has 0 radical (unpaired) electrons.